The molecule has 2 aromatic rings. The van der Waals surface area contributed by atoms with E-state index in [1.54, 1.807) is 24.3 Å². The molecule has 0 aliphatic carbocycles. The summed E-state index contributed by atoms with van der Waals surface area (Å²) in [4.78, 5) is 10.6. The first-order valence-electron chi connectivity index (χ1n) is 5.95. The van der Waals surface area contributed by atoms with Crippen LogP contribution >= 0.6 is 11.6 Å². The van der Waals surface area contributed by atoms with Gasteiger partial charge in [0.25, 0.3) is 0 Å². The number of carboxylic acid groups (broad SMARTS) is 1. The minimum absolute atomic E-state index is 0.0348. The van der Waals surface area contributed by atoms with Crippen molar-refractivity contribution < 1.29 is 18.3 Å². The molecule has 0 bridgehead atoms. The normalized spacial score (nSPS) is 11.5. The molecule has 0 spiro atoms. The highest BCUT2D eigenvalue weighted by atomic mass is 35.5. The summed E-state index contributed by atoms with van der Waals surface area (Å²) in [6.07, 6.45) is 1.19. The van der Waals surface area contributed by atoms with Gasteiger partial charge >= 0.3 is 5.97 Å². The Kier molecular flexibility index (Phi) is 4.59. The zero-order valence-electron chi connectivity index (χ0n) is 10.8. The summed E-state index contributed by atoms with van der Waals surface area (Å²) >= 11 is 5.93. The fourth-order valence-electron chi connectivity index (χ4n) is 1.66. The summed E-state index contributed by atoms with van der Waals surface area (Å²) in [6.45, 7) is 0.0348. The maximum absolute atomic E-state index is 12.0. The lowest BCUT2D eigenvalue weighted by molar-refractivity contribution is 0.0690. The number of aromatic carboxylic acids is 1. The Balaban J connectivity index is 2.01. The molecular formula is C12H12ClN3O4S. The van der Waals surface area contributed by atoms with E-state index in [4.69, 9.17) is 16.7 Å². The third-order valence-corrected chi connectivity index (χ3v) is 4.65. The third-order valence-electron chi connectivity index (χ3n) is 2.72. The number of rotatable bonds is 6. The van der Waals surface area contributed by atoms with Crippen molar-refractivity contribution in [2.75, 3.05) is 5.75 Å². The lowest BCUT2D eigenvalue weighted by Crippen LogP contribution is -2.15. The Labute approximate surface area is 126 Å². The van der Waals surface area contributed by atoms with Crippen LogP contribution in [0.25, 0.3) is 0 Å². The van der Waals surface area contributed by atoms with Gasteiger partial charge in [-0.2, -0.15) is 0 Å². The number of halogens is 1. The van der Waals surface area contributed by atoms with E-state index < -0.39 is 15.8 Å². The van der Waals surface area contributed by atoms with Crippen molar-refractivity contribution in [1.82, 2.24) is 15.0 Å². The number of nitrogens with zero attached hydrogens (tertiary/aromatic N) is 3. The van der Waals surface area contributed by atoms with Crippen molar-refractivity contribution in [3.05, 3.63) is 46.7 Å². The molecule has 112 valence electrons. The van der Waals surface area contributed by atoms with Crippen molar-refractivity contribution in [1.29, 1.82) is 0 Å². The second-order valence-corrected chi connectivity index (χ2v) is 6.95. The topological polar surface area (TPSA) is 102 Å². The molecule has 1 heterocycles. The number of sulfone groups is 1. The Morgan fingerprint density at radius 1 is 1.33 bits per heavy atom. The molecule has 1 N–H and O–H groups in total. The van der Waals surface area contributed by atoms with Crippen molar-refractivity contribution in [3.8, 4) is 0 Å². The highest BCUT2D eigenvalue weighted by molar-refractivity contribution is 7.90. The summed E-state index contributed by atoms with van der Waals surface area (Å²) in [5.74, 6) is -1.56. The van der Waals surface area contributed by atoms with Gasteiger partial charge in [-0.25, -0.2) is 13.2 Å². The van der Waals surface area contributed by atoms with Crippen LogP contribution in [0.5, 0.6) is 0 Å². The molecule has 7 nitrogen and oxygen atoms in total. The Morgan fingerprint density at radius 3 is 2.67 bits per heavy atom. The maximum atomic E-state index is 12.0. The molecule has 9 heteroatoms. The molecule has 0 saturated carbocycles. The molecule has 0 aliphatic heterocycles. The van der Waals surface area contributed by atoms with Crippen LogP contribution in [-0.2, 0) is 22.1 Å². The zero-order valence-corrected chi connectivity index (χ0v) is 12.4. The van der Waals surface area contributed by atoms with Crippen molar-refractivity contribution in [2.24, 2.45) is 0 Å². The van der Waals surface area contributed by atoms with E-state index in [0.29, 0.717) is 10.6 Å². The highest BCUT2D eigenvalue weighted by Crippen LogP contribution is 2.18. The maximum Gasteiger partial charge on any atom is 0.358 e. The van der Waals surface area contributed by atoms with E-state index in [-0.39, 0.29) is 23.7 Å². The van der Waals surface area contributed by atoms with E-state index >= 15 is 0 Å². The monoisotopic (exact) mass is 329 g/mol. The first kappa shape index (κ1) is 15.5. The third kappa shape index (κ3) is 4.27. The van der Waals surface area contributed by atoms with Crippen LogP contribution in [0.1, 0.15) is 16.1 Å². The number of carboxylic acids is 1. The van der Waals surface area contributed by atoms with Gasteiger partial charge in [0.2, 0.25) is 0 Å². The molecule has 1 aromatic heterocycles. The SMILES string of the molecule is O=C(O)c1cn(CCS(=O)(=O)Cc2ccccc2Cl)nn1. The first-order chi connectivity index (χ1) is 9.87. The summed E-state index contributed by atoms with van der Waals surface area (Å²) in [5, 5.41) is 16.1. The van der Waals surface area contributed by atoms with E-state index in [1.807, 2.05) is 0 Å². The summed E-state index contributed by atoms with van der Waals surface area (Å²) < 4.78 is 25.2. The predicted molar refractivity (Wildman–Crippen MR) is 75.9 cm³/mol. The van der Waals surface area contributed by atoms with Gasteiger partial charge in [-0.15, -0.1) is 5.10 Å². The Bertz CT molecular complexity index is 757. The number of hydrogen-bond donors (Lipinski definition) is 1. The van der Waals surface area contributed by atoms with Gasteiger partial charge in [-0.1, -0.05) is 35.0 Å². The molecule has 0 unspecified atom stereocenters. The molecule has 1 aromatic carbocycles. The largest absolute Gasteiger partial charge is 0.476 e. The minimum atomic E-state index is -3.39. The van der Waals surface area contributed by atoms with Crippen molar-refractivity contribution in [2.45, 2.75) is 12.3 Å². The van der Waals surface area contributed by atoms with Crippen LogP contribution in [0.3, 0.4) is 0 Å². The molecular weight excluding hydrogens is 318 g/mol. The van der Waals surface area contributed by atoms with Crippen LogP contribution in [-0.4, -0.2) is 40.2 Å². The Hall–Kier alpha value is -1.93. The quantitative estimate of drug-likeness (QED) is 0.855. The van der Waals surface area contributed by atoms with Crippen LogP contribution in [0.2, 0.25) is 5.02 Å². The van der Waals surface area contributed by atoms with Gasteiger partial charge in [-0.3, -0.25) is 4.68 Å². The standard InChI is InChI=1S/C12H12ClN3O4S/c13-10-4-2-1-3-9(10)8-21(19,20)6-5-16-7-11(12(17)18)14-15-16/h1-4,7H,5-6,8H2,(H,17,18). The van der Waals surface area contributed by atoms with Gasteiger partial charge in [0, 0.05) is 5.02 Å². The number of carbonyl (C=O) groups is 1. The average molecular weight is 330 g/mol. The van der Waals surface area contributed by atoms with E-state index in [0.717, 1.165) is 0 Å². The number of aromatic nitrogens is 3. The van der Waals surface area contributed by atoms with E-state index in [2.05, 4.69) is 10.3 Å². The van der Waals surface area contributed by atoms with Crippen LogP contribution in [0.4, 0.5) is 0 Å². The van der Waals surface area contributed by atoms with Gasteiger partial charge in [0.05, 0.1) is 24.2 Å². The Morgan fingerprint density at radius 2 is 2.05 bits per heavy atom. The first-order valence-corrected chi connectivity index (χ1v) is 8.14. The molecule has 0 radical (unpaired) electrons. The van der Waals surface area contributed by atoms with Gasteiger partial charge < -0.3 is 5.11 Å². The van der Waals surface area contributed by atoms with Crippen molar-refractivity contribution in [3.63, 3.8) is 0 Å². The molecule has 0 amide bonds. The molecule has 21 heavy (non-hydrogen) atoms. The second-order valence-electron chi connectivity index (χ2n) is 4.36. The smallest absolute Gasteiger partial charge is 0.358 e. The highest BCUT2D eigenvalue weighted by Gasteiger charge is 2.15. The number of hydrogen-bond acceptors (Lipinski definition) is 5. The summed E-state index contributed by atoms with van der Waals surface area (Å²) in [7, 11) is -3.39. The summed E-state index contributed by atoms with van der Waals surface area (Å²) in [5.41, 5.74) is 0.308. The van der Waals surface area contributed by atoms with Crippen molar-refractivity contribution >= 4 is 27.4 Å². The predicted octanol–water partition coefficient (Wildman–Crippen LogP) is 1.24. The van der Waals surface area contributed by atoms with E-state index in [9.17, 15) is 13.2 Å². The van der Waals surface area contributed by atoms with Crippen LogP contribution < -0.4 is 0 Å². The van der Waals surface area contributed by atoms with Gasteiger partial charge in [0.1, 0.15) is 0 Å². The molecule has 0 atom stereocenters. The average Bonchev–Trinajstić information content (AvgIpc) is 2.88. The molecule has 2 rings (SSSR count). The zero-order chi connectivity index (χ0) is 15.5. The second kappa shape index (κ2) is 6.23. The fourth-order valence-corrected chi connectivity index (χ4v) is 3.28. The molecule has 0 aliphatic rings. The lowest BCUT2D eigenvalue weighted by atomic mass is 10.2. The number of aryl methyl sites for hydroxylation is 1. The number of benzene rings is 1. The lowest BCUT2D eigenvalue weighted by Gasteiger charge is -2.06. The van der Waals surface area contributed by atoms with Crippen LogP contribution in [0, 0.1) is 0 Å². The van der Waals surface area contributed by atoms with Gasteiger partial charge in [0.15, 0.2) is 15.5 Å². The minimum Gasteiger partial charge on any atom is -0.476 e. The van der Waals surface area contributed by atoms with Gasteiger partial charge in [-0.05, 0) is 11.6 Å². The fraction of sp³-hybridized carbons (Fsp3) is 0.250. The summed E-state index contributed by atoms with van der Waals surface area (Å²) in [6, 6.07) is 6.72. The van der Waals surface area contributed by atoms with E-state index in [1.165, 1.54) is 10.9 Å². The van der Waals surface area contributed by atoms with Crippen LogP contribution in [0.15, 0.2) is 30.5 Å². The molecule has 0 saturated heterocycles. The molecule has 0 fully saturated rings.